The Bertz CT molecular complexity index is 983. The largest absolute Gasteiger partial charge is 0.354 e. The van der Waals surface area contributed by atoms with E-state index < -0.39 is 23.7 Å². The maximum atomic E-state index is 11.5. The van der Waals surface area contributed by atoms with Crippen LogP contribution in [0.1, 0.15) is 39.8 Å². The van der Waals surface area contributed by atoms with E-state index in [1.165, 1.54) is 17.8 Å². The molecule has 148 valence electrons. The van der Waals surface area contributed by atoms with E-state index in [-0.39, 0.29) is 12.0 Å². The second-order valence-electron chi connectivity index (χ2n) is 7.28. The highest BCUT2D eigenvalue weighted by molar-refractivity contribution is 5.91. The third-order valence-corrected chi connectivity index (χ3v) is 4.92. The van der Waals surface area contributed by atoms with Crippen LogP contribution >= 0.6 is 0 Å². The SMILES string of the molecule is CC[C@H]1OC(N=[N+]=[N-])(c2ccc3c(NC(C)=O)ncnn23)[C@H]2OC(C)(C)OC12. The first-order valence-electron chi connectivity index (χ1n) is 9.02. The Morgan fingerprint density at radius 3 is 2.86 bits per heavy atom. The molecule has 0 bridgehead atoms. The van der Waals surface area contributed by atoms with Gasteiger partial charge in [0.2, 0.25) is 11.6 Å². The van der Waals surface area contributed by atoms with Gasteiger partial charge < -0.3 is 19.5 Å². The second kappa shape index (κ2) is 6.42. The number of azide groups is 1. The van der Waals surface area contributed by atoms with E-state index in [2.05, 4.69) is 25.4 Å². The van der Waals surface area contributed by atoms with Gasteiger partial charge in [0.1, 0.15) is 24.1 Å². The Labute approximate surface area is 160 Å². The lowest BCUT2D eigenvalue weighted by molar-refractivity contribution is -0.211. The Hall–Kier alpha value is -2.72. The van der Waals surface area contributed by atoms with E-state index >= 15 is 0 Å². The lowest BCUT2D eigenvalue weighted by Crippen LogP contribution is -2.40. The van der Waals surface area contributed by atoms with Crippen LogP contribution in [0.3, 0.4) is 0 Å². The van der Waals surface area contributed by atoms with Crippen LogP contribution in [0, 0.1) is 0 Å². The van der Waals surface area contributed by atoms with Crippen LogP contribution in [-0.2, 0) is 24.7 Å². The van der Waals surface area contributed by atoms with Gasteiger partial charge >= 0.3 is 0 Å². The molecule has 11 nitrogen and oxygen atoms in total. The van der Waals surface area contributed by atoms with Crippen LogP contribution in [0.15, 0.2) is 23.6 Å². The molecule has 2 saturated heterocycles. The van der Waals surface area contributed by atoms with Crippen LogP contribution < -0.4 is 5.32 Å². The summed E-state index contributed by atoms with van der Waals surface area (Å²) in [4.78, 5) is 18.6. The molecule has 0 spiro atoms. The summed E-state index contributed by atoms with van der Waals surface area (Å²) >= 11 is 0. The fourth-order valence-corrected chi connectivity index (χ4v) is 3.92. The van der Waals surface area contributed by atoms with Crippen molar-refractivity contribution in [2.24, 2.45) is 5.11 Å². The Morgan fingerprint density at radius 1 is 1.39 bits per heavy atom. The number of carbonyl (C=O) groups excluding carboxylic acids is 1. The van der Waals surface area contributed by atoms with Gasteiger partial charge in [-0.1, -0.05) is 6.92 Å². The van der Waals surface area contributed by atoms with Crippen molar-refractivity contribution in [2.75, 3.05) is 5.32 Å². The van der Waals surface area contributed by atoms with Crippen LogP contribution in [0.5, 0.6) is 0 Å². The minimum absolute atomic E-state index is 0.259. The number of carbonyl (C=O) groups is 1. The maximum Gasteiger partial charge on any atom is 0.222 e. The van der Waals surface area contributed by atoms with Crippen molar-refractivity contribution >= 4 is 17.2 Å². The number of fused-ring (bicyclic) bond motifs is 2. The number of nitrogens with one attached hydrogen (secondary N) is 1. The first-order chi connectivity index (χ1) is 13.3. The van der Waals surface area contributed by atoms with Crippen molar-refractivity contribution in [1.29, 1.82) is 0 Å². The molecule has 0 aromatic carbocycles. The standard InChI is InChI=1S/C17H21N7O4/c1-5-11-13-14(28-16(3,4)27-13)17(26-11,22-23-18)12-7-6-10-15(21-9(2)25)19-8-20-24(10)12/h6-8,11,13-14H,5H2,1-4H3,(H,19,20,21,25)/t11-,13?,14+,17?/m1/s1. The number of nitrogens with zero attached hydrogens (tertiary/aromatic N) is 6. The Balaban J connectivity index is 1.89. The smallest absolute Gasteiger partial charge is 0.222 e. The van der Waals surface area contributed by atoms with Crippen molar-refractivity contribution in [3.63, 3.8) is 0 Å². The molecule has 4 heterocycles. The Kier molecular flexibility index (Phi) is 4.27. The second-order valence-corrected chi connectivity index (χ2v) is 7.28. The van der Waals surface area contributed by atoms with Crippen molar-refractivity contribution in [1.82, 2.24) is 14.6 Å². The highest BCUT2D eigenvalue weighted by Gasteiger charge is 2.64. The molecule has 2 aromatic rings. The first kappa shape index (κ1) is 18.6. The quantitative estimate of drug-likeness (QED) is 0.486. The Morgan fingerprint density at radius 2 is 2.18 bits per heavy atom. The summed E-state index contributed by atoms with van der Waals surface area (Å²) in [6, 6.07) is 3.46. The summed E-state index contributed by atoms with van der Waals surface area (Å²) in [6.07, 6.45) is 0.595. The molecule has 1 N–H and O–H groups in total. The molecule has 2 aromatic heterocycles. The maximum absolute atomic E-state index is 11.5. The highest BCUT2D eigenvalue weighted by atomic mass is 16.8. The lowest BCUT2D eigenvalue weighted by atomic mass is 9.99. The third-order valence-electron chi connectivity index (χ3n) is 4.92. The minimum Gasteiger partial charge on any atom is -0.354 e. The number of ether oxygens (including phenoxy) is 3. The predicted octanol–water partition coefficient (Wildman–Crippen LogP) is 2.48. The normalized spacial score (nSPS) is 30.8. The predicted molar refractivity (Wildman–Crippen MR) is 97.1 cm³/mol. The molecule has 0 aliphatic carbocycles. The molecule has 2 aliphatic rings. The van der Waals surface area contributed by atoms with Crippen LogP contribution in [0.2, 0.25) is 0 Å². The number of anilines is 1. The summed E-state index contributed by atoms with van der Waals surface area (Å²) in [5.74, 6) is -0.757. The number of rotatable bonds is 4. The van der Waals surface area contributed by atoms with Gasteiger partial charge in [-0.05, 0) is 43.0 Å². The molecule has 0 saturated carbocycles. The molecular formula is C17H21N7O4. The monoisotopic (exact) mass is 387 g/mol. The van der Waals surface area contributed by atoms with E-state index in [4.69, 9.17) is 14.2 Å². The van der Waals surface area contributed by atoms with E-state index in [0.29, 0.717) is 23.4 Å². The summed E-state index contributed by atoms with van der Waals surface area (Å²) in [5, 5.41) is 11.0. The molecule has 2 fully saturated rings. The molecule has 11 heteroatoms. The van der Waals surface area contributed by atoms with E-state index in [9.17, 15) is 10.3 Å². The minimum atomic E-state index is -1.47. The van der Waals surface area contributed by atoms with Crippen molar-refractivity contribution < 1.29 is 19.0 Å². The average molecular weight is 387 g/mol. The van der Waals surface area contributed by atoms with E-state index in [1.54, 1.807) is 12.1 Å². The van der Waals surface area contributed by atoms with Gasteiger partial charge in [0.15, 0.2) is 11.6 Å². The molecule has 0 radical (unpaired) electrons. The zero-order valence-corrected chi connectivity index (χ0v) is 16.0. The highest BCUT2D eigenvalue weighted by Crippen LogP contribution is 2.51. The molecule has 28 heavy (non-hydrogen) atoms. The lowest BCUT2D eigenvalue weighted by Gasteiger charge is -2.30. The molecule has 4 rings (SSSR count). The van der Waals surface area contributed by atoms with Crippen molar-refractivity contribution in [3.05, 3.63) is 34.6 Å². The van der Waals surface area contributed by atoms with Gasteiger partial charge in [-0.25, -0.2) is 9.50 Å². The van der Waals surface area contributed by atoms with Crippen LogP contribution in [-0.4, -0.2) is 44.6 Å². The van der Waals surface area contributed by atoms with Gasteiger partial charge in [0.25, 0.3) is 0 Å². The molecular weight excluding hydrogens is 366 g/mol. The number of aromatic nitrogens is 3. The van der Waals surface area contributed by atoms with Crippen molar-refractivity contribution in [3.8, 4) is 0 Å². The fraction of sp³-hybridized carbons (Fsp3) is 0.588. The third kappa shape index (κ3) is 2.71. The summed E-state index contributed by atoms with van der Waals surface area (Å²) in [5.41, 5.74) is 8.87. The number of hydrogen-bond acceptors (Lipinski definition) is 7. The molecule has 1 amide bonds. The van der Waals surface area contributed by atoms with Crippen LogP contribution in [0.25, 0.3) is 16.0 Å². The zero-order chi connectivity index (χ0) is 20.1. The molecule has 2 unspecified atom stereocenters. The van der Waals surface area contributed by atoms with Gasteiger partial charge in [-0.2, -0.15) is 5.10 Å². The van der Waals surface area contributed by atoms with Crippen molar-refractivity contribution in [2.45, 2.75) is 63.9 Å². The zero-order valence-electron chi connectivity index (χ0n) is 16.0. The van der Waals surface area contributed by atoms with Gasteiger partial charge in [0.05, 0.1) is 11.8 Å². The summed E-state index contributed by atoms with van der Waals surface area (Å²) in [7, 11) is 0. The number of amides is 1. The van der Waals surface area contributed by atoms with E-state index in [0.717, 1.165) is 0 Å². The summed E-state index contributed by atoms with van der Waals surface area (Å²) < 4.78 is 19.9. The summed E-state index contributed by atoms with van der Waals surface area (Å²) in [6.45, 7) is 6.99. The average Bonchev–Trinajstić information content (AvgIpc) is 3.27. The fourth-order valence-electron chi connectivity index (χ4n) is 3.92. The van der Waals surface area contributed by atoms with Crippen LogP contribution in [0.4, 0.5) is 5.82 Å². The number of hydrogen-bond donors (Lipinski definition) is 1. The van der Waals surface area contributed by atoms with E-state index in [1.807, 2.05) is 20.8 Å². The van der Waals surface area contributed by atoms with Gasteiger partial charge in [0, 0.05) is 11.8 Å². The first-order valence-corrected chi connectivity index (χ1v) is 9.02. The molecule has 4 atom stereocenters. The van der Waals surface area contributed by atoms with Gasteiger partial charge in [-0.3, -0.25) is 4.79 Å². The van der Waals surface area contributed by atoms with Gasteiger partial charge in [-0.15, -0.1) is 0 Å². The molecule has 2 aliphatic heterocycles. The topological polar surface area (TPSA) is 136 Å².